The van der Waals surface area contributed by atoms with Gasteiger partial charge in [0.1, 0.15) is 10.1 Å². The predicted octanol–water partition coefficient (Wildman–Crippen LogP) is 1.41. The molecule has 2 heterocycles. The van der Waals surface area contributed by atoms with Crippen LogP contribution in [0.2, 0.25) is 0 Å². The Morgan fingerprint density at radius 1 is 1.58 bits per heavy atom. The van der Waals surface area contributed by atoms with E-state index >= 15 is 0 Å². The molecule has 6 heteroatoms. The second-order valence-electron chi connectivity index (χ2n) is 2.36. The van der Waals surface area contributed by atoms with Crippen LogP contribution in [0.1, 0.15) is 0 Å². The van der Waals surface area contributed by atoms with Gasteiger partial charge in [0.05, 0.1) is 11.9 Å². The van der Waals surface area contributed by atoms with E-state index in [4.69, 9.17) is 5.73 Å². The third-order valence-electron chi connectivity index (χ3n) is 1.52. The second-order valence-corrected chi connectivity index (χ2v) is 3.73. The van der Waals surface area contributed by atoms with Gasteiger partial charge in [-0.25, -0.2) is 9.97 Å². The summed E-state index contributed by atoms with van der Waals surface area (Å²) in [6.07, 6.45) is 3.41. The van der Waals surface area contributed by atoms with Crippen LogP contribution in [-0.2, 0) is 0 Å². The minimum Gasteiger partial charge on any atom is -0.396 e. The number of aromatic nitrogens is 3. The molecule has 0 aliphatic heterocycles. The van der Waals surface area contributed by atoms with E-state index in [1.807, 2.05) is 0 Å². The Bertz CT molecular complexity index is 438. The van der Waals surface area contributed by atoms with Crippen LogP contribution in [-0.4, -0.2) is 14.3 Å². The molecule has 0 aliphatic carbocycles. The molecule has 2 aromatic heterocycles. The van der Waals surface area contributed by atoms with Crippen LogP contribution in [0.3, 0.4) is 0 Å². The summed E-state index contributed by atoms with van der Waals surface area (Å²) in [5.41, 5.74) is 7.81. The SMILES string of the molecule is Nc1cn(P)c2ncc(Br)nc12. The fourth-order valence-electron chi connectivity index (χ4n) is 1.02. The van der Waals surface area contributed by atoms with Gasteiger partial charge < -0.3 is 10.1 Å². The Kier molecular flexibility index (Phi) is 1.77. The molecule has 0 aliphatic rings. The fraction of sp³-hybridized carbons (Fsp3) is 0. The largest absolute Gasteiger partial charge is 0.396 e. The van der Waals surface area contributed by atoms with Crippen molar-refractivity contribution in [3.63, 3.8) is 0 Å². The number of halogens is 1. The van der Waals surface area contributed by atoms with Gasteiger partial charge in [0, 0.05) is 6.20 Å². The Labute approximate surface area is 79.6 Å². The van der Waals surface area contributed by atoms with Crippen molar-refractivity contribution in [1.29, 1.82) is 0 Å². The van der Waals surface area contributed by atoms with Crippen LogP contribution in [0.15, 0.2) is 17.0 Å². The van der Waals surface area contributed by atoms with E-state index in [9.17, 15) is 0 Å². The van der Waals surface area contributed by atoms with Gasteiger partial charge in [-0.1, -0.05) is 0 Å². The van der Waals surface area contributed by atoms with Gasteiger partial charge in [-0.3, -0.25) is 0 Å². The third-order valence-corrected chi connectivity index (χ3v) is 2.30. The molecule has 0 radical (unpaired) electrons. The summed E-state index contributed by atoms with van der Waals surface area (Å²) in [4.78, 5) is 8.34. The summed E-state index contributed by atoms with van der Waals surface area (Å²) in [6.45, 7) is 0. The van der Waals surface area contributed by atoms with E-state index in [-0.39, 0.29) is 0 Å². The average Bonchev–Trinajstić information content (AvgIpc) is 2.28. The lowest BCUT2D eigenvalue weighted by molar-refractivity contribution is 1.20. The maximum absolute atomic E-state index is 5.69. The van der Waals surface area contributed by atoms with Crippen molar-refractivity contribution >= 4 is 42.2 Å². The zero-order valence-electron chi connectivity index (χ0n) is 6.03. The van der Waals surface area contributed by atoms with Gasteiger partial charge in [0.15, 0.2) is 5.65 Å². The van der Waals surface area contributed by atoms with E-state index in [2.05, 4.69) is 35.3 Å². The van der Waals surface area contributed by atoms with E-state index in [1.54, 1.807) is 16.7 Å². The molecule has 0 aromatic carbocycles. The van der Waals surface area contributed by atoms with Crippen LogP contribution in [0.25, 0.3) is 11.2 Å². The van der Waals surface area contributed by atoms with Gasteiger partial charge in [-0.05, 0) is 25.3 Å². The molecule has 1 atom stereocenters. The molecule has 4 nitrogen and oxygen atoms in total. The van der Waals surface area contributed by atoms with Gasteiger partial charge in [0.25, 0.3) is 0 Å². The van der Waals surface area contributed by atoms with Crippen molar-refractivity contribution in [3.05, 3.63) is 17.0 Å². The summed E-state index contributed by atoms with van der Waals surface area (Å²) >= 11 is 3.23. The lowest BCUT2D eigenvalue weighted by Gasteiger charge is -1.93. The molecular formula is C6H6BrN4P. The van der Waals surface area contributed by atoms with Crippen molar-refractivity contribution in [2.75, 3.05) is 5.73 Å². The molecule has 1 unspecified atom stereocenters. The van der Waals surface area contributed by atoms with Crippen LogP contribution in [0, 0.1) is 0 Å². The van der Waals surface area contributed by atoms with Crippen LogP contribution in [0.5, 0.6) is 0 Å². The van der Waals surface area contributed by atoms with Crippen LogP contribution >= 0.6 is 25.3 Å². The molecule has 0 bridgehead atoms. The predicted molar refractivity (Wildman–Crippen MR) is 54.7 cm³/mol. The molecule has 2 N–H and O–H groups in total. The normalized spacial score (nSPS) is 10.8. The zero-order chi connectivity index (χ0) is 8.72. The minimum absolute atomic E-state index is 0.633. The number of fused-ring (bicyclic) bond motifs is 1. The molecule has 12 heavy (non-hydrogen) atoms. The smallest absolute Gasteiger partial charge is 0.163 e. The van der Waals surface area contributed by atoms with Crippen LogP contribution in [0.4, 0.5) is 5.69 Å². The molecule has 0 amide bonds. The summed E-state index contributed by atoms with van der Waals surface area (Å²) in [6, 6.07) is 0. The number of hydrogen-bond donors (Lipinski definition) is 1. The molecule has 0 saturated heterocycles. The molecule has 62 valence electrons. The van der Waals surface area contributed by atoms with Crippen molar-refractivity contribution in [1.82, 2.24) is 14.3 Å². The topological polar surface area (TPSA) is 56.7 Å². The third kappa shape index (κ3) is 1.09. The highest BCUT2D eigenvalue weighted by molar-refractivity contribution is 9.10. The number of nitrogen functional groups attached to an aromatic ring is 1. The number of nitrogens with zero attached hydrogens (tertiary/aromatic N) is 3. The number of rotatable bonds is 0. The quantitative estimate of drug-likeness (QED) is 0.714. The number of hydrogen-bond acceptors (Lipinski definition) is 3. The van der Waals surface area contributed by atoms with Crippen molar-refractivity contribution in [3.8, 4) is 0 Å². The zero-order valence-corrected chi connectivity index (χ0v) is 8.77. The van der Waals surface area contributed by atoms with Gasteiger partial charge in [-0.15, -0.1) is 0 Å². The minimum atomic E-state index is 0.633. The summed E-state index contributed by atoms with van der Waals surface area (Å²) in [7, 11) is 2.50. The lowest BCUT2D eigenvalue weighted by Crippen LogP contribution is -1.86. The van der Waals surface area contributed by atoms with E-state index < -0.39 is 0 Å². The highest BCUT2D eigenvalue weighted by atomic mass is 79.9. The van der Waals surface area contributed by atoms with Crippen molar-refractivity contribution in [2.45, 2.75) is 0 Å². The van der Waals surface area contributed by atoms with Crippen molar-refractivity contribution in [2.24, 2.45) is 0 Å². The molecule has 2 aromatic rings. The first-order valence-corrected chi connectivity index (χ1v) is 4.53. The number of nitrogens with two attached hydrogens (primary N) is 1. The maximum atomic E-state index is 5.69. The highest BCUT2D eigenvalue weighted by Crippen LogP contribution is 2.22. The summed E-state index contributed by atoms with van der Waals surface area (Å²) in [5.74, 6) is 0. The van der Waals surface area contributed by atoms with E-state index in [0.29, 0.717) is 10.3 Å². The molecule has 2 rings (SSSR count). The van der Waals surface area contributed by atoms with Crippen molar-refractivity contribution < 1.29 is 0 Å². The van der Waals surface area contributed by atoms with Gasteiger partial charge >= 0.3 is 0 Å². The van der Waals surface area contributed by atoms with E-state index in [1.165, 1.54) is 0 Å². The highest BCUT2D eigenvalue weighted by Gasteiger charge is 2.05. The first kappa shape index (κ1) is 7.95. The monoisotopic (exact) mass is 244 g/mol. The Balaban J connectivity index is 2.90. The number of anilines is 1. The molecule has 0 fully saturated rings. The average molecular weight is 245 g/mol. The first-order chi connectivity index (χ1) is 5.68. The maximum Gasteiger partial charge on any atom is 0.163 e. The van der Waals surface area contributed by atoms with Crippen LogP contribution < -0.4 is 5.73 Å². The Hall–Kier alpha value is -0.670. The van der Waals surface area contributed by atoms with Gasteiger partial charge in [0.2, 0.25) is 0 Å². The van der Waals surface area contributed by atoms with Gasteiger partial charge in [-0.2, -0.15) is 0 Å². The summed E-state index contributed by atoms with van der Waals surface area (Å²) < 4.78 is 2.46. The molecule has 0 spiro atoms. The fourth-order valence-corrected chi connectivity index (χ4v) is 1.65. The standard InChI is InChI=1S/C6H6BrN4P/c7-4-1-9-6-5(10-4)3(8)2-11(6)12/h1-2H,8,12H2. The molecule has 0 saturated carbocycles. The second kappa shape index (κ2) is 2.68. The summed E-state index contributed by atoms with van der Waals surface area (Å²) in [5, 5.41) is 0. The Morgan fingerprint density at radius 2 is 2.33 bits per heavy atom. The molecular weight excluding hydrogens is 239 g/mol. The Morgan fingerprint density at radius 3 is 3.08 bits per heavy atom. The lowest BCUT2D eigenvalue weighted by atomic mass is 10.5. The first-order valence-electron chi connectivity index (χ1n) is 3.22. The van der Waals surface area contributed by atoms with E-state index in [0.717, 1.165) is 11.2 Å².